The molecule has 200 valence electrons. The first-order chi connectivity index (χ1) is 17.4. The molecule has 7 heteroatoms. The number of rotatable bonds is 12. The molecule has 4 rings (SSSR count). The van der Waals surface area contributed by atoms with Crippen LogP contribution < -0.4 is 5.73 Å². The van der Waals surface area contributed by atoms with Gasteiger partial charge in [0.25, 0.3) is 0 Å². The van der Waals surface area contributed by atoms with Gasteiger partial charge in [-0.2, -0.15) is 0 Å². The molecular formula is C29H49N7. The maximum absolute atomic E-state index is 9.03. The van der Waals surface area contributed by atoms with Gasteiger partial charge < -0.3 is 20.4 Å². The van der Waals surface area contributed by atoms with E-state index in [1.54, 1.807) is 0 Å². The van der Waals surface area contributed by atoms with Gasteiger partial charge in [0, 0.05) is 38.3 Å². The predicted octanol–water partition coefficient (Wildman–Crippen LogP) is 3.85. The van der Waals surface area contributed by atoms with Gasteiger partial charge in [0.2, 0.25) is 0 Å². The molecule has 5 atom stereocenters. The van der Waals surface area contributed by atoms with E-state index in [0.29, 0.717) is 36.0 Å². The van der Waals surface area contributed by atoms with Crippen LogP contribution in [0.5, 0.6) is 0 Å². The van der Waals surface area contributed by atoms with Crippen molar-refractivity contribution in [1.29, 1.82) is 5.41 Å². The number of aliphatic imine (C=N–C) groups is 1. The normalized spacial score (nSPS) is 26.7. The molecule has 3 N–H and O–H groups in total. The molecule has 0 saturated carbocycles. The first-order valence-corrected chi connectivity index (χ1v) is 14.4. The zero-order valence-electron chi connectivity index (χ0n) is 23.1. The summed E-state index contributed by atoms with van der Waals surface area (Å²) in [6.07, 6.45) is 6.94. The fraction of sp³-hybridized carbons (Fsp3) is 0.724. The molecule has 0 amide bonds. The Hall–Kier alpha value is -2.28. The van der Waals surface area contributed by atoms with Gasteiger partial charge in [-0.05, 0) is 50.6 Å². The highest BCUT2D eigenvalue weighted by atomic mass is 15.5. The van der Waals surface area contributed by atoms with E-state index in [0.717, 1.165) is 58.1 Å². The van der Waals surface area contributed by atoms with Crippen LogP contribution in [0.3, 0.4) is 0 Å². The zero-order valence-corrected chi connectivity index (χ0v) is 23.1. The van der Waals surface area contributed by atoms with Crippen LogP contribution in [0.4, 0.5) is 0 Å². The number of hydrogen-bond acceptors (Lipinski definition) is 5. The van der Waals surface area contributed by atoms with E-state index in [2.05, 4.69) is 82.6 Å². The standard InChI is InChI=1S/C29H49N7/c1-5-7-16-34-27(22(3)6-2)21-35(29(34)31)23(4)19-33-15-11-14-25(33)20-36-26(18-32-28(36)30)17-24-12-9-8-10-13-24/h8-10,12-13,22-23,25-27,31H,5-7,11,14-21H2,1-4H3,(H2,30,32)/t22-,23+,25+,26+,27+/m1/s1. The molecule has 0 unspecified atom stereocenters. The summed E-state index contributed by atoms with van der Waals surface area (Å²) in [6.45, 7) is 15.1. The van der Waals surface area contributed by atoms with Crippen molar-refractivity contribution in [2.45, 2.75) is 90.4 Å². The topological polar surface area (TPSA) is 75.2 Å². The van der Waals surface area contributed by atoms with Crippen LogP contribution in [0.25, 0.3) is 0 Å². The highest BCUT2D eigenvalue weighted by Gasteiger charge is 2.40. The van der Waals surface area contributed by atoms with Gasteiger partial charge in [-0.15, -0.1) is 0 Å². The average molecular weight is 496 g/mol. The van der Waals surface area contributed by atoms with Crippen LogP contribution in [0.1, 0.15) is 65.4 Å². The third kappa shape index (κ3) is 5.99. The Morgan fingerprint density at radius 1 is 1.11 bits per heavy atom. The molecule has 3 aliphatic heterocycles. The van der Waals surface area contributed by atoms with Crippen molar-refractivity contribution >= 4 is 11.9 Å². The van der Waals surface area contributed by atoms with Crippen molar-refractivity contribution in [2.24, 2.45) is 16.6 Å². The van der Waals surface area contributed by atoms with Crippen LogP contribution in [0, 0.1) is 11.3 Å². The Kier molecular flexibility index (Phi) is 9.15. The largest absolute Gasteiger partial charge is 0.370 e. The van der Waals surface area contributed by atoms with Crippen LogP contribution in [-0.2, 0) is 6.42 Å². The zero-order chi connectivity index (χ0) is 25.7. The summed E-state index contributed by atoms with van der Waals surface area (Å²) in [7, 11) is 0. The minimum atomic E-state index is 0.334. The molecule has 0 radical (unpaired) electrons. The average Bonchev–Trinajstić information content (AvgIpc) is 3.56. The number of nitrogens with one attached hydrogen (secondary N) is 1. The van der Waals surface area contributed by atoms with E-state index in [1.165, 1.54) is 31.2 Å². The Balaban J connectivity index is 1.37. The molecule has 0 aromatic heterocycles. The molecule has 2 saturated heterocycles. The second-order valence-corrected chi connectivity index (χ2v) is 11.3. The highest BCUT2D eigenvalue weighted by Crippen LogP contribution is 2.28. The van der Waals surface area contributed by atoms with E-state index < -0.39 is 0 Å². The number of nitrogens with zero attached hydrogens (tertiary/aromatic N) is 5. The monoisotopic (exact) mass is 495 g/mol. The summed E-state index contributed by atoms with van der Waals surface area (Å²) in [5, 5.41) is 9.03. The lowest BCUT2D eigenvalue weighted by atomic mass is 9.98. The minimum absolute atomic E-state index is 0.334. The van der Waals surface area contributed by atoms with Crippen molar-refractivity contribution in [1.82, 2.24) is 19.6 Å². The van der Waals surface area contributed by atoms with Crippen LogP contribution in [-0.4, -0.2) is 95.0 Å². The molecule has 0 spiro atoms. The Morgan fingerprint density at radius 3 is 2.61 bits per heavy atom. The van der Waals surface area contributed by atoms with Gasteiger partial charge >= 0.3 is 0 Å². The third-order valence-corrected chi connectivity index (χ3v) is 8.83. The highest BCUT2D eigenvalue weighted by molar-refractivity contribution is 5.80. The molecule has 1 aromatic rings. The lowest BCUT2D eigenvalue weighted by molar-refractivity contribution is 0.161. The number of hydrogen-bond donors (Lipinski definition) is 2. The Morgan fingerprint density at radius 2 is 1.89 bits per heavy atom. The predicted molar refractivity (Wildman–Crippen MR) is 150 cm³/mol. The smallest absolute Gasteiger partial charge is 0.194 e. The van der Waals surface area contributed by atoms with E-state index in [9.17, 15) is 0 Å². The van der Waals surface area contributed by atoms with Gasteiger partial charge in [0.1, 0.15) is 0 Å². The van der Waals surface area contributed by atoms with Gasteiger partial charge in [-0.25, -0.2) is 0 Å². The van der Waals surface area contributed by atoms with Gasteiger partial charge in [0.15, 0.2) is 11.9 Å². The molecule has 3 aliphatic rings. The van der Waals surface area contributed by atoms with E-state index in [4.69, 9.17) is 11.1 Å². The van der Waals surface area contributed by atoms with Gasteiger partial charge in [0.05, 0.1) is 18.6 Å². The van der Waals surface area contributed by atoms with E-state index in [1.807, 2.05) is 0 Å². The fourth-order valence-electron chi connectivity index (χ4n) is 6.34. The quantitative estimate of drug-likeness (QED) is 0.461. The molecule has 3 heterocycles. The molecule has 2 fully saturated rings. The van der Waals surface area contributed by atoms with Crippen molar-refractivity contribution in [3.8, 4) is 0 Å². The molecule has 7 nitrogen and oxygen atoms in total. The van der Waals surface area contributed by atoms with Crippen molar-refractivity contribution in [3.05, 3.63) is 35.9 Å². The molecular weight excluding hydrogens is 446 g/mol. The number of unbranched alkanes of at least 4 members (excludes halogenated alkanes) is 1. The first kappa shape index (κ1) is 26.8. The maximum atomic E-state index is 9.03. The summed E-state index contributed by atoms with van der Waals surface area (Å²) in [5.41, 5.74) is 7.75. The number of nitrogens with two attached hydrogens (primary N) is 1. The lowest BCUT2D eigenvalue weighted by Gasteiger charge is -2.36. The van der Waals surface area contributed by atoms with Crippen molar-refractivity contribution in [2.75, 3.05) is 39.3 Å². The Labute approximate surface area is 219 Å². The third-order valence-electron chi connectivity index (χ3n) is 8.83. The summed E-state index contributed by atoms with van der Waals surface area (Å²) in [6, 6.07) is 12.4. The lowest BCUT2D eigenvalue weighted by Crippen LogP contribution is -2.51. The summed E-state index contributed by atoms with van der Waals surface area (Å²) >= 11 is 0. The van der Waals surface area contributed by atoms with Gasteiger partial charge in [-0.1, -0.05) is 63.9 Å². The molecule has 1 aromatic carbocycles. The van der Waals surface area contributed by atoms with E-state index in [-0.39, 0.29) is 0 Å². The van der Waals surface area contributed by atoms with Gasteiger partial charge in [-0.3, -0.25) is 15.3 Å². The molecule has 36 heavy (non-hydrogen) atoms. The fourth-order valence-corrected chi connectivity index (χ4v) is 6.34. The number of benzene rings is 1. The summed E-state index contributed by atoms with van der Waals surface area (Å²) < 4.78 is 0. The number of likely N-dealkylation sites (tertiary alicyclic amines) is 1. The number of guanidine groups is 2. The molecule has 0 aliphatic carbocycles. The first-order valence-electron chi connectivity index (χ1n) is 14.4. The van der Waals surface area contributed by atoms with Crippen LogP contribution in [0.15, 0.2) is 35.3 Å². The maximum Gasteiger partial charge on any atom is 0.194 e. The minimum Gasteiger partial charge on any atom is -0.370 e. The van der Waals surface area contributed by atoms with Crippen molar-refractivity contribution < 1.29 is 0 Å². The second-order valence-electron chi connectivity index (χ2n) is 11.3. The van der Waals surface area contributed by atoms with E-state index >= 15 is 0 Å². The second kappa shape index (κ2) is 12.3. The summed E-state index contributed by atoms with van der Waals surface area (Å²) in [5.74, 6) is 2.06. The Bertz CT molecular complexity index is 872. The van der Waals surface area contributed by atoms with Crippen LogP contribution >= 0.6 is 0 Å². The SMILES string of the molecule is CCCCN1C(=N)N([C@@H](C)CN2CCC[C@H]2CN2C(N)=NC[C@@H]2Cc2ccccc2)C[C@H]1[C@H](C)CC. The molecule has 0 bridgehead atoms. The van der Waals surface area contributed by atoms with Crippen molar-refractivity contribution in [3.63, 3.8) is 0 Å². The van der Waals surface area contributed by atoms with Crippen LogP contribution in [0.2, 0.25) is 0 Å². The summed E-state index contributed by atoms with van der Waals surface area (Å²) in [4.78, 5) is 14.4.